The lowest BCUT2D eigenvalue weighted by molar-refractivity contribution is -0.176. The molecule has 1 saturated heterocycles. The molecule has 7 heteroatoms. The summed E-state index contributed by atoms with van der Waals surface area (Å²) in [5, 5.41) is 0. The number of hydrogen-bond donors (Lipinski definition) is 1. The van der Waals surface area contributed by atoms with Gasteiger partial charge in [-0.15, -0.1) is 0 Å². The second-order valence-electron chi connectivity index (χ2n) is 3.15. The van der Waals surface area contributed by atoms with Gasteiger partial charge in [-0.1, -0.05) is 11.7 Å². The van der Waals surface area contributed by atoms with Crippen molar-refractivity contribution in [3.8, 4) is 0 Å². The van der Waals surface area contributed by atoms with Crippen LogP contribution in [0, 0.1) is 5.92 Å². The molecular weight excluding hydrogens is 235 g/mol. The first-order valence-electron chi connectivity index (χ1n) is 4.12. The molecule has 1 fully saturated rings. The lowest BCUT2D eigenvalue weighted by Crippen LogP contribution is -2.37. The van der Waals surface area contributed by atoms with Crippen LogP contribution in [0.1, 0.15) is 12.8 Å². The average molecular weight is 245 g/mol. The summed E-state index contributed by atoms with van der Waals surface area (Å²) < 4.78 is 37.9. The maximum atomic E-state index is 12.0. The van der Waals surface area contributed by atoms with Crippen LogP contribution in [0.5, 0.6) is 0 Å². The van der Waals surface area contributed by atoms with Crippen molar-refractivity contribution in [3.63, 3.8) is 0 Å². The normalized spacial score (nSPS) is 21.1. The van der Waals surface area contributed by atoms with Gasteiger partial charge in [-0.3, -0.25) is 4.79 Å². The van der Waals surface area contributed by atoms with Gasteiger partial charge in [-0.2, -0.15) is 13.2 Å². The van der Waals surface area contributed by atoms with Crippen LogP contribution in [0.3, 0.4) is 0 Å². The second kappa shape index (κ2) is 4.76. The molecule has 0 aromatic carbocycles. The number of nitrogens with zero attached hydrogens (tertiary/aromatic N) is 1. The summed E-state index contributed by atoms with van der Waals surface area (Å²) in [6, 6.07) is 0. The van der Waals surface area contributed by atoms with Gasteiger partial charge in [0.1, 0.15) is 0 Å². The van der Waals surface area contributed by atoms with Crippen LogP contribution in [0.15, 0.2) is 0 Å². The zero-order valence-electron chi connectivity index (χ0n) is 7.25. The number of Topliss-reactive ketones (excluding diaryl/α,β-unsaturated/α-hetero) is 1. The fraction of sp³-hybridized carbons (Fsp3) is 0.857. The molecule has 0 aromatic rings. The molecule has 0 aromatic heterocycles. The monoisotopic (exact) mass is 245 g/mol. The van der Waals surface area contributed by atoms with Crippen molar-refractivity contribution in [2.75, 3.05) is 13.1 Å². The van der Waals surface area contributed by atoms with Gasteiger partial charge in [0.25, 0.3) is 0 Å². The molecule has 0 unspecified atom stereocenters. The van der Waals surface area contributed by atoms with E-state index < -0.39 is 17.9 Å². The van der Waals surface area contributed by atoms with Gasteiger partial charge in [-0.05, 0) is 23.8 Å². The zero-order valence-corrected chi connectivity index (χ0v) is 8.96. The number of carbonyl (C=O) groups excluding carboxylic acids is 1. The standard InChI is InChI=1S/C7H10F3NOS2/c8-7(9,10)6(12)5-1-3-11(14-13)4-2-5/h5,13H,1-4H2. The Balaban J connectivity index is 2.46. The molecule has 0 aliphatic carbocycles. The maximum Gasteiger partial charge on any atom is 0.450 e. The second-order valence-corrected chi connectivity index (χ2v) is 4.32. The van der Waals surface area contributed by atoms with E-state index in [1.54, 1.807) is 0 Å². The van der Waals surface area contributed by atoms with E-state index >= 15 is 0 Å². The first-order chi connectivity index (χ1) is 6.45. The van der Waals surface area contributed by atoms with Crippen molar-refractivity contribution < 1.29 is 18.0 Å². The van der Waals surface area contributed by atoms with Gasteiger partial charge in [-0.25, -0.2) is 4.31 Å². The van der Waals surface area contributed by atoms with Crippen LogP contribution >= 0.6 is 22.6 Å². The van der Waals surface area contributed by atoms with Gasteiger partial charge < -0.3 is 0 Å². The van der Waals surface area contributed by atoms with Crippen molar-refractivity contribution in [2.45, 2.75) is 19.0 Å². The largest absolute Gasteiger partial charge is 0.450 e. The third kappa shape index (κ3) is 3.06. The van der Waals surface area contributed by atoms with Crippen LogP contribution < -0.4 is 0 Å². The fourth-order valence-electron chi connectivity index (χ4n) is 1.43. The topological polar surface area (TPSA) is 20.3 Å². The summed E-state index contributed by atoms with van der Waals surface area (Å²) in [7, 11) is 1.20. The molecule has 0 amide bonds. The van der Waals surface area contributed by atoms with Crippen LogP contribution in [0.25, 0.3) is 0 Å². The van der Waals surface area contributed by atoms with E-state index in [0.29, 0.717) is 13.1 Å². The third-order valence-corrected chi connectivity index (χ3v) is 3.51. The molecule has 1 aliphatic heterocycles. The van der Waals surface area contributed by atoms with Crippen molar-refractivity contribution in [2.24, 2.45) is 5.92 Å². The summed E-state index contributed by atoms with van der Waals surface area (Å²) in [4.78, 5) is 10.8. The molecule has 0 radical (unpaired) electrons. The molecule has 1 heterocycles. The lowest BCUT2D eigenvalue weighted by Gasteiger charge is -2.28. The lowest BCUT2D eigenvalue weighted by atomic mass is 9.93. The summed E-state index contributed by atoms with van der Waals surface area (Å²) in [5.74, 6) is -2.44. The number of ketones is 1. The molecule has 1 aliphatic rings. The Morgan fingerprint density at radius 3 is 2.21 bits per heavy atom. The van der Waals surface area contributed by atoms with Crippen molar-refractivity contribution in [1.82, 2.24) is 4.31 Å². The van der Waals surface area contributed by atoms with E-state index in [9.17, 15) is 18.0 Å². The molecule has 0 saturated carbocycles. The summed E-state index contributed by atoms with van der Waals surface area (Å²) in [5.41, 5.74) is 0. The van der Waals surface area contributed by atoms with Gasteiger partial charge in [0.05, 0.1) is 0 Å². The highest BCUT2D eigenvalue weighted by atomic mass is 33.1. The molecule has 0 N–H and O–H groups in total. The number of hydrogen-bond acceptors (Lipinski definition) is 4. The van der Waals surface area contributed by atoms with Crippen LogP contribution in [-0.2, 0) is 4.79 Å². The Labute approximate surface area is 89.2 Å². The van der Waals surface area contributed by atoms with E-state index in [1.807, 2.05) is 4.31 Å². The maximum absolute atomic E-state index is 12.0. The predicted octanol–water partition coefficient (Wildman–Crippen LogP) is 2.32. The fourth-order valence-corrected chi connectivity index (χ4v) is 2.30. The molecule has 2 nitrogen and oxygen atoms in total. The minimum atomic E-state index is -4.68. The van der Waals surface area contributed by atoms with Gasteiger partial charge in [0.2, 0.25) is 5.78 Å². The Hall–Kier alpha value is 0.120. The quantitative estimate of drug-likeness (QED) is 0.458. The number of thiol groups is 1. The Bertz CT molecular complexity index is 213. The smallest absolute Gasteiger partial charge is 0.289 e. The van der Waals surface area contributed by atoms with Crippen LogP contribution in [-0.4, -0.2) is 29.4 Å². The Morgan fingerprint density at radius 2 is 1.86 bits per heavy atom. The minimum absolute atomic E-state index is 0.270. The average Bonchev–Trinajstić information content (AvgIpc) is 2.15. The zero-order chi connectivity index (χ0) is 10.8. The van der Waals surface area contributed by atoms with Gasteiger partial charge in [0.15, 0.2) is 0 Å². The number of piperidine rings is 1. The van der Waals surface area contributed by atoms with Crippen LogP contribution in [0.2, 0.25) is 0 Å². The van der Waals surface area contributed by atoms with Gasteiger partial charge in [0, 0.05) is 19.0 Å². The van der Waals surface area contributed by atoms with E-state index in [0.717, 1.165) is 0 Å². The van der Waals surface area contributed by atoms with Crippen molar-refractivity contribution in [1.29, 1.82) is 0 Å². The van der Waals surface area contributed by atoms with E-state index in [2.05, 4.69) is 11.7 Å². The number of alkyl halides is 3. The molecule has 82 valence electrons. The van der Waals surface area contributed by atoms with E-state index in [4.69, 9.17) is 0 Å². The summed E-state index contributed by atoms with van der Waals surface area (Å²) in [6.07, 6.45) is -4.14. The summed E-state index contributed by atoms with van der Waals surface area (Å²) in [6.45, 7) is 0.974. The number of rotatable bonds is 2. The first-order valence-corrected chi connectivity index (χ1v) is 5.95. The van der Waals surface area contributed by atoms with Crippen LogP contribution in [0.4, 0.5) is 13.2 Å². The number of carbonyl (C=O) groups is 1. The minimum Gasteiger partial charge on any atom is -0.289 e. The van der Waals surface area contributed by atoms with Crippen molar-refractivity contribution in [3.05, 3.63) is 0 Å². The highest BCUT2D eigenvalue weighted by Gasteiger charge is 2.43. The molecule has 0 atom stereocenters. The van der Waals surface area contributed by atoms with Gasteiger partial charge >= 0.3 is 6.18 Å². The highest BCUT2D eigenvalue weighted by molar-refractivity contribution is 8.67. The van der Waals surface area contributed by atoms with E-state index in [1.165, 1.54) is 11.0 Å². The third-order valence-electron chi connectivity index (χ3n) is 2.22. The Kier molecular flexibility index (Phi) is 4.15. The molecule has 0 spiro atoms. The predicted molar refractivity (Wildman–Crippen MR) is 51.9 cm³/mol. The highest BCUT2D eigenvalue weighted by Crippen LogP contribution is 2.30. The molecule has 0 bridgehead atoms. The molecule has 14 heavy (non-hydrogen) atoms. The Morgan fingerprint density at radius 1 is 1.36 bits per heavy atom. The summed E-state index contributed by atoms with van der Waals surface area (Å²) >= 11 is 3.94. The molecular formula is C7H10F3NOS2. The van der Waals surface area contributed by atoms with E-state index in [-0.39, 0.29) is 12.8 Å². The SMILES string of the molecule is O=C(C1CCN(SS)CC1)C(F)(F)F. The van der Waals surface area contributed by atoms with Crippen molar-refractivity contribution >= 4 is 28.4 Å². The number of halogens is 3. The molecule has 1 rings (SSSR count). The first kappa shape index (κ1) is 12.2.